The maximum Gasteiger partial charge on any atom is 0.125 e. The Morgan fingerprint density at radius 1 is 1.35 bits per heavy atom. The lowest BCUT2D eigenvalue weighted by Crippen LogP contribution is -2.01. The zero-order chi connectivity index (χ0) is 12.4. The van der Waals surface area contributed by atoms with E-state index < -0.39 is 6.10 Å². The van der Waals surface area contributed by atoms with Crippen molar-refractivity contribution in [1.82, 2.24) is 0 Å². The number of aliphatic hydroxyl groups excluding tert-OH is 1. The summed E-state index contributed by atoms with van der Waals surface area (Å²) in [5.41, 5.74) is 1.82. The molecule has 1 atom stereocenters. The Labute approximate surface area is 109 Å². The predicted octanol–water partition coefficient (Wildman–Crippen LogP) is 3.80. The number of thiophene rings is 1. The lowest BCUT2D eigenvalue weighted by Gasteiger charge is -2.14. The van der Waals surface area contributed by atoms with Crippen LogP contribution in [0.2, 0.25) is 5.02 Å². The van der Waals surface area contributed by atoms with Gasteiger partial charge in [0, 0.05) is 5.56 Å². The Balaban J connectivity index is 2.46. The highest BCUT2D eigenvalue weighted by Gasteiger charge is 2.19. The first-order chi connectivity index (χ1) is 8.13. The van der Waals surface area contributed by atoms with Crippen LogP contribution in [0.3, 0.4) is 0 Å². The average molecular weight is 269 g/mol. The van der Waals surface area contributed by atoms with Crippen molar-refractivity contribution in [2.75, 3.05) is 7.11 Å². The number of hydrogen-bond donors (Lipinski definition) is 1. The molecule has 0 bridgehead atoms. The van der Waals surface area contributed by atoms with Crippen LogP contribution in [-0.2, 0) is 0 Å². The van der Waals surface area contributed by atoms with Crippen LogP contribution in [0.1, 0.15) is 22.1 Å². The van der Waals surface area contributed by atoms with Crippen molar-refractivity contribution in [3.05, 3.63) is 50.7 Å². The van der Waals surface area contributed by atoms with Crippen LogP contribution >= 0.6 is 22.9 Å². The molecular weight excluding hydrogens is 256 g/mol. The van der Waals surface area contributed by atoms with Crippen LogP contribution in [0.15, 0.2) is 29.6 Å². The van der Waals surface area contributed by atoms with Gasteiger partial charge >= 0.3 is 0 Å². The lowest BCUT2D eigenvalue weighted by atomic mass is 10.0. The van der Waals surface area contributed by atoms with Crippen LogP contribution in [0.5, 0.6) is 5.75 Å². The minimum Gasteiger partial charge on any atom is -0.496 e. The molecule has 0 saturated carbocycles. The van der Waals surface area contributed by atoms with E-state index in [2.05, 4.69) is 0 Å². The number of aryl methyl sites for hydroxylation is 1. The molecule has 0 fully saturated rings. The molecule has 1 N–H and O–H groups in total. The highest BCUT2D eigenvalue weighted by Crippen LogP contribution is 2.36. The van der Waals surface area contributed by atoms with E-state index in [-0.39, 0.29) is 0 Å². The van der Waals surface area contributed by atoms with Gasteiger partial charge in [-0.2, -0.15) is 0 Å². The van der Waals surface area contributed by atoms with Gasteiger partial charge in [0.05, 0.1) is 17.0 Å². The summed E-state index contributed by atoms with van der Waals surface area (Å²) in [5, 5.41) is 12.8. The third-order valence-electron chi connectivity index (χ3n) is 2.57. The first-order valence-electron chi connectivity index (χ1n) is 5.19. The van der Waals surface area contributed by atoms with Gasteiger partial charge in [0.25, 0.3) is 0 Å². The average Bonchev–Trinajstić information content (AvgIpc) is 2.74. The topological polar surface area (TPSA) is 29.5 Å². The van der Waals surface area contributed by atoms with E-state index in [0.29, 0.717) is 10.8 Å². The third kappa shape index (κ3) is 2.46. The minimum atomic E-state index is -0.739. The van der Waals surface area contributed by atoms with E-state index in [1.807, 2.05) is 30.5 Å². The number of aliphatic hydroxyl groups is 1. The standard InChI is InChI=1S/C13H13ClO2S/c1-8-3-4-11(16-2)9(7-8)12(15)13-10(14)5-6-17-13/h3-7,12,15H,1-2H3. The normalized spacial score (nSPS) is 12.5. The van der Waals surface area contributed by atoms with Gasteiger partial charge in [0.1, 0.15) is 11.9 Å². The fraction of sp³-hybridized carbons (Fsp3) is 0.231. The molecule has 0 aliphatic carbocycles. The summed E-state index contributed by atoms with van der Waals surface area (Å²) in [5.74, 6) is 0.674. The maximum absolute atomic E-state index is 10.3. The molecule has 2 rings (SSSR count). The number of hydrogen-bond acceptors (Lipinski definition) is 3. The number of methoxy groups -OCH3 is 1. The number of halogens is 1. The smallest absolute Gasteiger partial charge is 0.125 e. The van der Waals surface area contributed by atoms with Crippen molar-refractivity contribution in [1.29, 1.82) is 0 Å². The third-order valence-corrected chi connectivity index (χ3v) is 3.98. The summed E-state index contributed by atoms with van der Waals surface area (Å²) in [4.78, 5) is 0.746. The van der Waals surface area contributed by atoms with Gasteiger partial charge < -0.3 is 9.84 Å². The number of rotatable bonds is 3. The number of ether oxygens (including phenoxy) is 1. The molecule has 0 spiro atoms. The molecule has 0 aliphatic rings. The molecule has 0 amide bonds. The molecule has 4 heteroatoms. The molecule has 0 saturated heterocycles. The fourth-order valence-electron chi connectivity index (χ4n) is 1.71. The zero-order valence-corrected chi connectivity index (χ0v) is 11.2. The second-order valence-electron chi connectivity index (χ2n) is 3.78. The fourth-order valence-corrected chi connectivity index (χ4v) is 2.87. The first-order valence-corrected chi connectivity index (χ1v) is 6.44. The largest absolute Gasteiger partial charge is 0.496 e. The second-order valence-corrected chi connectivity index (χ2v) is 5.14. The molecule has 1 unspecified atom stereocenters. The van der Waals surface area contributed by atoms with Crippen LogP contribution in [0.4, 0.5) is 0 Å². The van der Waals surface area contributed by atoms with Crippen LogP contribution in [0, 0.1) is 6.92 Å². The molecule has 17 heavy (non-hydrogen) atoms. The van der Waals surface area contributed by atoms with Crippen molar-refractivity contribution < 1.29 is 9.84 Å². The SMILES string of the molecule is COc1ccc(C)cc1C(O)c1sccc1Cl. The van der Waals surface area contributed by atoms with Crippen molar-refractivity contribution in [2.45, 2.75) is 13.0 Å². The van der Waals surface area contributed by atoms with Crippen molar-refractivity contribution in [3.63, 3.8) is 0 Å². The molecule has 1 aromatic heterocycles. The van der Waals surface area contributed by atoms with Crippen molar-refractivity contribution in [3.8, 4) is 5.75 Å². The molecule has 90 valence electrons. The highest BCUT2D eigenvalue weighted by molar-refractivity contribution is 7.10. The van der Waals surface area contributed by atoms with Gasteiger partial charge in [-0.05, 0) is 30.5 Å². The Bertz CT molecular complexity index is 522. The molecular formula is C13H13ClO2S. The van der Waals surface area contributed by atoms with E-state index in [1.54, 1.807) is 13.2 Å². The number of benzene rings is 1. The summed E-state index contributed by atoms with van der Waals surface area (Å²) >= 11 is 7.47. The first kappa shape index (κ1) is 12.4. The van der Waals surface area contributed by atoms with E-state index in [9.17, 15) is 5.11 Å². The van der Waals surface area contributed by atoms with E-state index >= 15 is 0 Å². The monoisotopic (exact) mass is 268 g/mol. The van der Waals surface area contributed by atoms with Gasteiger partial charge in [0.2, 0.25) is 0 Å². The van der Waals surface area contributed by atoms with E-state index in [1.165, 1.54) is 11.3 Å². The second kappa shape index (κ2) is 5.08. The summed E-state index contributed by atoms with van der Waals surface area (Å²) in [6, 6.07) is 7.51. The van der Waals surface area contributed by atoms with Gasteiger partial charge in [0.15, 0.2) is 0 Å². The van der Waals surface area contributed by atoms with Crippen LogP contribution in [-0.4, -0.2) is 12.2 Å². The van der Waals surface area contributed by atoms with Crippen LogP contribution < -0.4 is 4.74 Å². The van der Waals surface area contributed by atoms with Gasteiger partial charge in [-0.25, -0.2) is 0 Å². The predicted molar refractivity (Wildman–Crippen MR) is 71.1 cm³/mol. The van der Waals surface area contributed by atoms with Crippen LogP contribution in [0.25, 0.3) is 0 Å². The van der Waals surface area contributed by atoms with Gasteiger partial charge in [-0.1, -0.05) is 23.2 Å². The Kier molecular flexibility index (Phi) is 3.72. The molecule has 2 aromatic rings. The highest BCUT2D eigenvalue weighted by atomic mass is 35.5. The molecule has 1 heterocycles. The summed E-state index contributed by atoms with van der Waals surface area (Å²) in [7, 11) is 1.59. The molecule has 0 aliphatic heterocycles. The molecule has 2 nitrogen and oxygen atoms in total. The van der Waals surface area contributed by atoms with Gasteiger partial charge in [-0.3, -0.25) is 0 Å². The minimum absolute atomic E-state index is 0.589. The Morgan fingerprint density at radius 2 is 2.12 bits per heavy atom. The Morgan fingerprint density at radius 3 is 2.71 bits per heavy atom. The zero-order valence-electron chi connectivity index (χ0n) is 9.61. The van der Waals surface area contributed by atoms with E-state index in [4.69, 9.17) is 16.3 Å². The summed E-state index contributed by atoms with van der Waals surface area (Å²) in [6.45, 7) is 1.98. The van der Waals surface area contributed by atoms with E-state index in [0.717, 1.165) is 16.0 Å². The maximum atomic E-state index is 10.3. The Hall–Kier alpha value is -1.03. The summed E-state index contributed by atoms with van der Waals surface area (Å²) < 4.78 is 5.26. The molecule has 1 aromatic carbocycles. The molecule has 0 radical (unpaired) electrons. The van der Waals surface area contributed by atoms with Crippen molar-refractivity contribution in [2.24, 2.45) is 0 Å². The van der Waals surface area contributed by atoms with Crippen molar-refractivity contribution >= 4 is 22.9 Å². The quantitative estimate of drug-likeness (QED) is 0.917. The summed E-state index contributed by atoms with van der Waals surface area (Å²) in [6.07, 6.45) is -0.739. The lowest BCUT2D eigenvalue weighted by molar-refractivity contribution is 0.218. The van der Waals surface area contributed by atoms with Gasteiger partial charge in [-0.15, -0.1) is 11.3 Å².